The summed E-state index contributed by atoms with van der Waals surface area (Å²) in [5, 5.41) is 0. The van der Waals surface area contributed by atoms with E-state index in [0.717, 1.165) is 11.0 Å². The Morgan fingerprint density at radius 2 is 2.14 bits per heavy atom. The largest absolute Gasteiger partial charge is 0.388 e. The van der Waals surface area contributed by atoms with E-state index in [0.29, 0.717) is 17.8 Å². The summed E-state index contributed by atoms with van der Waals surface area (Å²) < 4.78 is 2.67. The lowest BCUT2D eigenvalue weighted by atomic mass is 10.2. The minimum Gasteiger partial charge on any atom is -0.388 e. The molecule has 2 rings (SSSR count). The van der Waals surface area contributed by atoms with Gasteiger partial charge in [0.1, 0.15) is 10.7 Å². The predicted molar refractivity (Wildman–Crippen MR) is 84.5 cm³/mol. The third-order valence-electron chi connectivity index (χ3n) is 3.06. The van der Waals surface area contributed by atoms with Crippen LogP contribution in [0.3, 0.4) is 0 Å². The predicted octanol–water partition coefficient (Wildman–Crippen LogP) is 0.497. The van der Waals surface area contributed by atoms with Crippen LogP contribution in [0.5, 0.6) is 0 Å². The highest BCUT2D eigenvalue weighted by Crippen LogP contribution is 2.05. The molecule has 0 radical (unpaired) electrons. The minimum atomic E-state index is -0.356. The van der Waals surface area contributed by atoms with Crippen LogP contribution in [0.4, 0.5) is 0 Å². The van der Waals surface area contributed by atoms with Gasteiger partial charge in [-0.05, 0) is 12.5 Å². The van der Waals surface area contributed by atoms with Crippen LogP contribution in [0.15, 0.2) is 40.2 Å². The molecule has 0 fully saturated rings. The van der Waals surface area contributed by atoms with Gasteiger partial charge in [-0.15, -0.1) is 0 Å². The van der Waals surface area contributed by atoms with E-state index < -0.39 is 0 Å². The van der Waals surface area contributed by atoms with Crippen LogP contribution in [-0.4, -0.2) is 19.1 Å². The normalized spacial score (nSPS) is 10.5. The summed E-state index contributed by atoms with van der Waals surface area (Å²) in [5.41, 5.74) is 6.00. The number of nitrogens with two attached hydrogens (primary N) is 1. The van der Waals surface area contributed by atoms with E-state index in [4.69, 9.17) is 18.0 Å². The van der Waals surface area contributed by atoms with Crippen LogP contribution in [0.1, 0.15) is 24.6 Å². The van der Waals surface area contributed by atoms with Gasteiger partial charge in [-0.2, -0.15) is 0 Å². The van der Waals surface area contributed by atoms with Crippen molar-refractivity contribution in [3.05, 3.63) is 62.7 Å². The molecule has 2 aromatic rings. The Bertz CT molecular complexity index is 779. The number of hydrogen-bond donors (Lipinski definition) is 1. The molecular weight excluding hydrogens is 288 g/mol. The zero-order chi connectivity index (χ0) is 15.4. The molecule has 0 saturated heterocycles. The van der Waals surface area contributed by atoms with Gasteiger partial charge in [0, 0.05) is 30.6 Å². The molecule has 21 heavy (non-hydrogen) atoms. The lowest BCUT2D eigenvalue weighted by Crippen LogP contribution is -2.39. The highest BCUT2D eigenvalue weighted by Gasteiger charge is 2.10. The molecule has 2 heterocycles. The maximum Gasteiger partial charge on any atom is 0.331 e. The first-order valence-electron chi connectivity index (χ1n) is 6.58. The van der Waals surface area contributed by atoms with Crippen molar-refractivity contribution in [2.24, 2.45) is 5.73 Å². The molecule has 0 unspecified atom stereocenters. The molecule has 0 bridgehead atoms. The molecule has 0 aromatic carbocycles. The fourth-order valence-electron chi connectivity index (χ4n) is 2.07. The first kappa shape index (κ1) is 15.1. The van der Waals surface area contributed by atoms with Crippen LogP contribution in [0, 0.1) is 0 Å². The third-order valence-corrected chi connectivity index (χ3v) is 3.25. The van der Waals surface area contributed by atoms with Gasteiger partial charge >= 0.3 is 5.69 Å². The lowest BCUT2D eigenvalue weighted by molar-refractivity contribution is 0.570. The highest BCUT2D eigenvalue weighted by atomic mass is 32.1. The Morgan fingerprint density at radius 3 is 2.81 bits per heavy atom. The van der Waals surface area contributed by atoms with E-state index in [2.05, 4.69) is 4.98 Å². The van der Waals surface area contributed by atoms with Crippen molar-refractivity contribution in [1.82, 2.24) is 14.1 Å². The summed E-state index contributed by atoms with van der Waals surface area (Å²) in [7, 11) is 0. The fourth-order valence-corrected chi connectivity index (χ4v) is 2.26. The highest BCUT2D eigenvalue weighted by molar-refractivity contribution is 7.80. The number of rotatable bonds is 5. The quantitative estimate of drug-likeness (QED) is 0.813. The van der Waals surface area contributed by atoms with Crippen molar-refractivity contribution in [1.29, 1.82) is 0 Å². The van der Waals surface area contributed by atoms with Crippen molar-refractivity contribution in [3.8, 4) is 0 Å². The van der Waals surface area contributed by atoms with Crippen LogP contribution in [-0.2, 0) is 13.1 Å². The third kappa shape index (κ3) is 3.25. The van der Waals surface area contributed by atoms with Crippen molar-refractivity contribution in [3.63, 3.8) is 0 Å². The van der Waals surface area contributed by atoms with Crippen molar-refractivity contribution in [2.75, 3.05) is 0 Å². The van der Waals surface area contributed by atoms with E-state index in [9.17, 15) is 9.59 Å². The zero-order valence-electron chi connectivity index (χ0n) is 11.7. The molecule has 0 amide bonds. The SMILES string of the molecule is CCCn1ccc(=O)n(Cc2cccnc2C(N)=S)c1=O. The van der Waals surface area contributed by atoms with Gasteiger partial charge in [0.15, 0.2) is 0 Å². The van der Waals surface area contributed by atoms with Crippen molar-refractivity contribution >= 4 is 17.2 Å². The molecular formula is C14H16N4O2S. The second-order valence-corrected chi connectivity index (χ2v) is 5.03. The molecule has 0 atom stereocenters. The Hall–Kier alpha value is -2.28. The molecule has 0 aliphatic heterocycles. The van der Waals surface area contributed by atoms with Crippen LogP contribution < -0.4 is 17.0 Å². The number of nitrogens with zero attached hydrogens (tertiary/aromatic N) is 3. The standard InChI is InChI=1S/C14H16N4O2S/c1-2-7-17-8-5-11(19)18(14(17)20)9-10-4-3-6-16-12(10)13(15)21/h3-6,8H,2,7,9H2,1H3,(H2,15,21). The van der Waals surface area contributed by atoms with Gasteiger partial charge in [-0.1, -0.05) is 25.2 Å². The Morgan fingerprint density at radius 1 is 1.38 bits per heavy atom. The summed E-state index contributed by atoms with van der Waals surface area (Å²) in [4.78, 5) is 28.5. The molecule has 2 N–H and O–H groups in total. The molecule has 0 saturated carbocycles. The van der Waals surface area contributed by atoms with Crippen LogP contribution in [0.25, 0.3) is 0 Å². The van der Waals surface area contributed by atoms with Gasteiger partial charge in [0.25, 0.3) is 5.56 Å². The van der Waals surface area contributed by atoms with Crippen LogP contribution >= 0.6 is 12.2 Å². The second kappa shape index (κ2) is 6.45. The summed E-state index contributed by atoms with van der Waals surface area (Å²) in [6.07, 6.45) is 3.90. The van der Waals surface area contributed by atoms with Gasteiger partial charge in [0.2, 0.25) is 0 Å². The average molecular weight is 304 g/mol. The van der Waals surface area contributed by atoms with E-state index >= 15 is 0 Å². The first-order chi connectivity index (χ1) is 10.0. The Kier molecular flexibility index (Phi) is 4.64. The molecule has 2 aromatic heterocycles. The van der Waals surface area contributed by atoms with E-state index in [-0.39, 0.29) is 22.8 Å². The van der Waals surface area contributed by atoms with Gasteiger partial charge in [0.05, 0.1) is 6.54 Å². The molecule has 7 heteroatoms. The molecule has 110 valence electrons. The van der Waals surface area contributed by atoms with Gasteiger partial charge in [-0.25, -0.2) is 4.79 Å². The van der Waals surface area contributed by atoms with Crippen molar-refractivity contribution < 1.29 is 0 Å². The average Bonchev–Trinajstić information content (AvgIpc) is 2.47. The number of aryl methyl sites for hydroxylation is 1. The first-order valence-corrected chi connectivity index (χ1v) is 6.99. The Labute approximate surface area is 126 Å². The van der Waals surface area contributed by atoms with Crippen LogP contribution in [0.2, 0.25) is 0 Å². The summed E-state index contributed by atoms with van der Waals surface area (Å²) in [5.74, 6) is 0. The van der Waals surface area contributed by atoms with Crippen molar-refractivity contribution in [2.45, 2.75) is 26.4 Å². The summed E-state index contributed by atoms with van der Waals surface area (Å²) in [6.45, 7) is 2.63. The van der Waals surface area contributed by atoms with Gasteiger partial charge < -0.3 is 10.3 Å². The number of pyridine rings is 1. The second-order valence-electron chi connectivity index (χ2n) is 4.59. The van der Waals surface area contributed by atoms with Gasteiger partial charge in [-0.3, -0.25) is 14.3 Å². The molecule has 6 nitrogen and oxygen atoms in total. The molecule has 0 spiro atoms. The van der Waals surface area contributed by atoms with E-state index in [1.165, 1.54) is 16.8 Å². The maximum atomic E-state index is 12.3. The van der Waals surface area contributed by atoms with E-state index in [1.807, 2.05) is 6.92 Å². The summed E-state index contributed by atoms with van der Waals surface area (Å²) >= 11 is 4.94. The molecule has 0 aliphatic rings. The van der Waals surface area contributed by atoms with E-state index in [1.54, 1.807) is 18.3 Å². The summed E-state index contributed by atoms with van der Waals surface area (Å²) in [6, 6.07) is 4.86. The molecule has 0 aliphatic carbocycles. The Balaban J connectivity index is 2.50. The maximum absolute atomic E-state index is 12.3. The monoisotopic (exact) mass is 304 g/mol. The topological polar surface area (TPSA) is 82.9 Å². The minimum absolute atomic E-state index is 0.0999. The number of aromatic nitrogens is 3. The smallest absolute Gasteiger partial charge is 0.331 e. The zero-order valence-corrected chi connectivity index (χ0v) is 12.5. The fraction of sp³-hybridized carbons (Fsp3) is 0.286. The number of hydrogen-bond acceptors (Lipinski definition) is 4. The lowest BCUT2D eigenvalue weighted by Gasteiger charge is -2.11. The number of thiocarbonyl (C=S) groups is 1.